The molecule has 1 N–H and O–H groups in total. The molecular weight excluding hydrogens is 192 g/mol. The van der Waals surface area contributed by atoms with E-state index in [9.17, 15) is 4.79 Å². The Balaban J connectivity index is 2.92. The van der Waals surface area contributed by atoms with Crippen molar-refractivity contribution in [1.29, 1.82) is 0 Å². The van der Waals surface area contributed by atoms with E-state index in [1.807, 2.05) is 13.0 Å². The summed E-state index contributed by atoms with van der Waals surface area (Å²) in [4.78, 5) is 11.9. The smallest absolute Gasteiger partial charge is 0.198 e. The summed E-state index contributed by atoms with van der Waals surface area (Å²) < 4.78 is 5.46. The molecular formula is C12H12O3. The molecule has 15 heavy (non-hydrogen) atoms. The fraction of sp³-hybridized carbons (Fsp3) is 0.250. The lowest BCUT2D eigenvalue weighted by Gasteiger charge is -2.04. The zero-order valence-corrected chi connectivity index (χ0v) is 8.70. The third-order valence-corrected chi connectivity index (χ3v) is 2.50. The molecule has 0 atom stereocenters. The molecule has 0 saturated carbocycles. The van der Waals surface area contributed by atoms with E-state index in [2.05, 4.69) is 0 Å². The number of aliphatic hydroxyl groups is 1. The second-order valence-corrected chi connectivity index (χ2v) is 3.62. The molecule has 0 radical (unpaired) electrons. The van der Waals surface area contributed by atoms with Crippen LogP contribution in [-0.4, -0.2) is 5.11 Å². The second-order valence-electron chi connectivity index (χ2n) is 3.62. The molecule has 0 amide bonds. The highest BCUT2D eigenvalue weighted by molar-refractivity contribution is 5.78. The monoisotopic (exact) mass is 204 g/mol. The molecule has 2 rings (SSSR count). The van der Waals surface area contributed by atoms with Crippen molar-refractivity contribution in [2.45, 2.75) is 20.5 Å². The molecule has 0 bridgehead atoms. The molecule has 0 aliphatic heterocycles. The van der Waals surface area contributed by atoms with Crippen LogP contribution in [0.2, 0.25) is 0 Å². The van der Waals surface area contributed by atoms with E-state index >= 15 is 0 Å². The van der Waals surface area contributed by atoms with Gasteiger partial charge in [0.2, 0.25) is 0 Å². The summed E-state index contributed by atoms with van der Waals surface area (Å²) >= 11 is 0. The average molecular weight is 204 g/mol. The first-order chi connectivity index (χ1) is 7.13. The summed E-state index contributed by atoms with van der Waals surface area (Å²) in [5.41, 5.74) is 1.77. The Hall–Kier alpha value is -1.61. The molecule has 2 aromatic rings. The van der Waals surface area contributed by atoms with E-state index in [4.69, 9.17) is 9.52 Å². The van der Waals surface area contributed by atoms with Crippen LogP contribution in [0.5, 0.6) is 0 Å². The van der Waals surface area contributed by atoms with Crippen LogP contribution in [0.3, 0.4) is 0 Å². The number of fused-ring (bicyclic) bond motifs is 1. The predicted octanol–water partition coefficient (Wildman–Crippen LogP) is 1.90. The second kappa shape index (κ2) is 3.51. The molecule has 3 nitrogen and oxygen atoms in total. The van der Waals surface area contributed by atoms with Gasteiger partial charge in [0.05, 0.1) is 17.6 Å². The molecule has 1 aromatic carbocycles. The van der Waals surface area contributed by atoms with Crippen molar-refractivity contribution in [2.24, 2.45) is 0 Å². The van der Waals surface area contributed by atoms with Crippen molar-refractivity contribution in [3.05, 3.63) is 45.3 Å². The number of rotatable bonds is 1. The van der Waals surface area contributed by atoms with Gasteiger partial charge in [0, 0.05) is 0 Å². The Morgan fingerprint density at radius 3 is 2.73 bits per heavy atom. The van der Waals surface area contributed by atoms with Gasteiger partial charge in [-0.15, -0.1) is 0 Å². The molecule has 3 heteroatoms. The van der Waals surface area contributed by atoms with Gasteiger partial charge in [-0.1, -0.05) is 11.6 Å². The number of aryl methyl sites for hydroxylation is 2. The van der Waals surface area contributed by atoms with Crippen LogP contribution in [0.1, 0.15) is 16.9 Å². The van der Waals surface area contributed by atoms with Gasteiger partial charge in [-0.25, -0.2) is 0 Å². The maximum atomic E-state index is 11.9. The van der Waals surface area contributed by atoms with E-state index in [-0.39, 0.29) is 12.0 Å². The maximum Gasteiger partial charge on any atom is 0.198 e. The number of benzene rings is 1. The zero-order chi connectivity index (χ0) is 11.0. The lowest BCUT2D eigenvalue weighted by molar-refractivity contribution is 0.275. The van der Waals surface area contributed by atoms with Crippen molar-refractivity contribution in [2.75, 3.05) is 0 Å². The van der Waals surface area contributed by atoms with Crippen LogP contribution >= 0.6 is 0 Å². The van der Waals surface area contributed by atoms with Gasteiger partial charge < -0.3 is 9.52 Å². The highest BCUT2D eigenvalue weighted by atomic mass is 16.3. The first kappa shape index (κ1) is 9.93. The highest BCUT2D eigenvalue weighted by Crippen LogP contribution is 2.16. The van der Waals surface area contributed by atoms with Gasteiger partial charge in [-0.3, -0.25) is 4.79 Å². The fourth-order valence-electron chi connectivity index (χ4n) is 1.64. The third-order valence-electron chi connectivity index (χ3n) is 2.50. The van der Waals surface area contributed by atoms with E-state index in [1.165, 1.54) is 0 Å². The quantitative estimate of drug-likeness (QED) is 0.771. The average Bonchev–Trinajstić information content (AvgIpc) is 2.20. The lowest BCUT2D eigenvalue weighted by Crippen LogP contribution is -2.11. The summed E-state index contributed by atoms with van der Waals surface area (Å²) in [7, 11) is 0. The van der Waals surface area contributed by atoms with E-state index in [0.717, 1.165) is 5.56 Å². The van der Waals surface area contributed by atoms with Gasteiger partial charge >= 0.3 is 0 Å². The Bertz CT molecular complexity index is 567. The standard InChI is InChI=1S/C12H12O3/c1-7-3-4-11-9(5-7)12(14)10(6-13)8(2)15-11/h3-5,13H,6H2,1-2H3. The van der Waals surface area contributed by atoms with Crippen LogP contribution in [0.15, 0.2) is 27.4 Å². The molecule has 78 valence electrons. The minimum absolute atomic E-state index is 0.139. The van der Waals surface area contributed by atoms with Gasteiger partial charge in [0.25, 0.3) is 0 Å². The van der Waals surface area contributed by atoms with Crippen LogP contribution in [0.25, 0.3) is 11.0 Å². The minimum atomic E-state index is -0.280. The van der Waals surface area contributed by atoms with E-state index in [0.29, 0.717) is 22.3 Å². The summed E-state index contributed by atoms with van der Waals surface area (Å²) in [5, 5.41) is 9.60. The Kier molecular flexibility index (Phi) is 2.32. The van der Waals surface area contributed by atoms with Gasteiger partial charge in [0.15, 0.2) is 5.43 Å². The summed E-state index contributed by atoms with van der Waals surface area (Å²) in [6, 6.07) is 5.45. The zero-order valence-electron chi connectivity index (χ0n) is 8.70. The topological polar surface area (TPSA) is 50.4 Å². The number of aliphatic hydroxyl groups excluding tert-OH is 1. The summed E-state index contributed by atoms with van der Waals surface area (Å²) in [6.45, 7) is 3.32. The van der Waals surface area contributed by atoms with Gasteiger partial charge in [-0.2, -0.15) is 0 Å². The summed E-state index contributed by atoms with van der Waals surface area (Å²) in [5.74, 6) is 0.485. The van der Waals surface area contributed by atoms with E-state index < -0.39 is 0 Å². The summed E-state index contributed by atoms with van der Waals surface area (Å²) in [6.07, 6.45) is 0. The van der Waals surface area contributed by atoms with Crippen molar-refractivity contribution in [3.63, 3.8) is 0 Å². The molecule has 0 fully saturated rings. The van der Waals surface area contributed by atoms with Crippen molar-refractivity contribution in [1.82, 2.24) is 0 Å². The Labute approximate surface area is 87.0 Å². The first-order valence-corrected chi connectivity index (χ1v) is 4.77. The highest BCUT2D eigenvalue weighted by Gasteiger charge is 2.09. The van der Waals surface area contributed by atoms with Gasteiger partial charge in [-0.05, 0) is 26.0 Å². The third kappa shape index (κ3) is 1.55. The van der Waals surface area contributed by atoms with Crippen molar-refractivity contribution < 1.29 is 9.52 Å². The SMILES string of the molecule is Cc1ccc2oc(C)c(CO)c(=O)c2c1. The fourth-order valence-corrected chi connectivity index (χ4v) is 1.64. The molecule has 0 aliphatic rings. The molecule has 0 saturated heterocycles. The van der Waals surface area contributed by atoms with Crippen LogP contribution < -0.4 is 5.43 Å². The first-order valence-electron chi connectivity index (χ1n) is 4.77. The minimum Gasteiger partial charge on any atom is -0.461 e. The van der Waals surface area contributed by atoms with Crippen molar-refractivity contribution in [3.8, 4) is 0 Å². The van der Waals surface area contributed by atoms with Crippen LogP contribution in [0.4, 0.5) is 0 Å². The largest absolute Gasteiger partial charge is 0.461 e. The van der Waals surface area contributed by atoms with Crippen molar-refractivity contribution >= 4 is 11.0 Å². The normalized spacial score (nSPS) is 10.9. The molecule has 0 unspecified atom stereocenters. The van der Waals surface area contributed by atoms with Crippen LogP contribution in [0, 0.1) is 13.8 Å². The van der Waals surface area contributed by atoms with Crippen LogP contribution in [-0.2, 0) is 6.61 Å². The molecule has 1 heterocycles. The maximum absolute atomic E-state index is 11.9. The number of hydrogen-bond acceptors (Lipinski definition) is 3. The predicted molar refractivity (Wildman–Crippen MR) is 57.9 cm³/mol. The lowest BCUT2D eigenvalue weighted by atomic mass is 10.1. The molecule has 0 spiro atoms. The Morgan fingerprint density at radius 2 is 2.07 bits per heavy atom. The van der Waals surface area contributed by atoms with E-state index in [1.54, 1.807) is 19.1 Å². The number of hydrogen-bond donors (Lipinski definition) is 1. The molecule has 0 aliphatic carbocycles. The van der Waals surface area contributed by atoms with Gasteiger partial charge in [0.1, 0.15) is 11.3 Å². The molecule has 1 aromatic heterocycles. The Morgan fingerprint density at radius 1 is 1.33 bits per heavy atom.